The Morgan fingerprint density at radius 1 is 1.02 bits per heavy atom. The highest BCUT2D eigenvalue weighted by Gasteiger charge is 2.49. The highest BCUT2D eigenvalue weighted by Crippen LogP contribution is 2.47. The lowest BCUT2D eigenvalue weighted by atomic mass is 9.63. The second-order valence-corrected chi connectivity index (χ2v) is 19.2. The maximum atomic E-state index is 13.6. The van der Waals surface area contributed by atoms with Crippen LogP contribution >= 0.6 is 11.6 Å². The Hall–Kier alpha value is -2.67. The molecule has 1 saturated carbocycles. The summed E-state index contributed by atoms with van der Waals surface area (Å²) in [5.41, 5.74) is 3.08. The van der Waals surface area contributed by atoms with Gasteiger partial charge in [-0.25, -0.2) is 13.1 Å². The van der Waals surface area contributed by atoms with Crippen LogP contribution in [0, 0.1) is 17.8 Å². The molecule has 0 unspecified atom stereocenters. The summed E-state index contributed by atoms with van der Waals surface area (Å²) in [6, 6.07) is 12.2. The van der Waals surface area contributed by atoms with Crippen molar-refractivity contribution in [1.82, 2.24) is 19.4 Å². The number of methoxy groups -OCH3 is 1. The number of nitrogens with one attached hydrogen (secondary N) is 1. The third-order valence-electron chi connectivity index (χ3n) is 13.3. The number of benzene rings is 2. The van der Waals surface area contributed by atoms with Gasteiger partial charge in [0.2, 0.25) is 10.0 Å². The van der Waals surface area contributed by atoms with Crippen molar-refractivity contribution in [3.63, 3.8) is 0 Å². The summed E-state index contributed by atoms with van der Waals surface area (Å²) in [4.78, 5) is 23.6. The third kappa shape index (κ3) is 8.23. The van der Waals surface area contributed by atoms with Crippen molar-refractivity contribution in [2.24, 2.45) is 17.8 Å². The zero-order valence-corrected chi connectivity index (χ0v) is 34.4. The number of carbonyl (C=O) groups excluding carboxylic acids is 1. The number of sulfonamides is 1. The van der Waals surface area contributed by atoms with Crippen LogP contribution in [0.3, 0.4) is 0 Å². The maximum Gasteiger partial charge on any atom is 0.264 e. The minimum absolute atomic E-state index is 0.0687. The highest BCUT2D eigenvalue weighted by molar-refractivity contribution is 7.90. The van der Waals surface area contributed by atoms with E-state index in [2.05, 4.69) is 62.6 Å². The number of ether oxygens (including phenoxy) is 2. The predicted octanol–water partition coefficient (Wildman–Crippen LogP) is 5.66. The van der Waals surface area contributed by atoms with Crippen LogP contribution in [-0.2, 0) is 21.2 Å². The predicted molar refractivity (Wildman–Crippen MR) is 216 cm³/mol. The van der Waals surface area contributed by atoms with Gasteiger partial charge in [-0.2, -0.15) is 0 Å². The van der Waals surface area contributed by atoms with E-state index in [0.717, 1.165) is 88.8 Å². The molecular weight excluding hydrogens is 722 g/mol. The van der Waals surface area contributed by atoms with Gasteiger partial charge >= 0.3 is 0 Å². The second-order valence-electron chi connectivity index (χ2n) is 16.8. The first kappa shape index (κ1) is 39.6. The van der Waals surface area contributed by atoms with Crippen molar-refractivity contribution < 1.29 is 22.7 Å². The zero-order valence-electron chi connectivity index (χ0n) is 32.8. The van der Waals surface area contributed by atoms with Crippen molar-refractivity contribution in [1.29, 1.82) is 0 Å². The van der Waals surface area contributed by atoms with Gasteiger partial charge in [-0.3, -0.25) is 14.6 Å². The molecule has 296 valence electrons. The molecule has 6 atom stereocenters. The van der Waals surface area contributed by atoms with Crippen molar-refractivity contribution >= 4 is 33.2 Å². The number of anilines is 1. The van der Waals surface area contributed by atoms with E-state index in [0.29, 0.717) is 42.8 Å². The van der Waals surface area contributed by atoms with E-state index < -0.39 is 26.8 Å². The Balaban J connectivity index is 1.23. The third-order valence-corrected chi connectivity index (χ3v) is 15.4. The number of rotatable bonds is 7. The summed E-state index contributed by atoms with van der Waals surface area (Å²) in [6.45, 7) is 15.0. The molecule has 0 spiro atoms. The maximum absolute atomic E-state index is 13.6. The molecule has 2 aromatic carbocycles. The Morgan fingerprint density at radius 3 is 2.48 bits per heavy atom. The van der Waals surface area contributed by atoms with Crippen LogP contribution in [-0.4, -0.2) is 126 Å². The molecule has 0 aromatic heterocycles. The summed E-state index contributed by atoms with van der Waals surface area (Å²) >= 11 is 6.50. The molecule has 7 rings (SSSR count). The first-order chi connectivity index (χ1) is 25.9. The molecule has 4 aliphatic heterocycles. The van der Waals surface area contributed by atoms with E-state index >= 15 is 0 Å². The number of halogens is 1. The van der Waals surface area contributed by atoms with Crippen LogP contribution in [0.5, 0.6) is 5.75 Å². The number of nitrogens with zero attached hydrogens (tertiary/aromatic N) is 4. The highest BCUT2D eigenvalue weighted by atomic mass is 35.5. The van der Waals surface area contributed by atoms with Crippen LogP contribution in [0.1, 0.15) is 73.9 Å². The zero-order chi connectivity index (χ0) is 38.2. The molecule has 1 N–H and O–H groups in total. The van der Waals surface area contributed by atoms with Gasteiger partial charge in [-0.05, 0) is 98.9 Å². The number of fused-ring (bicyclic) bond motifs is 2. The first-order valence-electron chi connectivity index (χ1n) is 20.1. The smallest absolute Gasteiger partial charge is 0.264 e. The SMILES string of the molecule is CCCc1cc(Cl)ccc1[C@@H]1COc2ccc3cc2N(C1)C[C@@H]1CC[C@H]1[C@@](CN1CCN(C2CN(C)C2)CC1)(OC)/C=C/C[C@H](C)[C@@H](C)S(=O)(=O)NC3=O. The monoisotopic (exact) mass is 781 g/mol. The summed E-state index contributed by atoms with van der Waals surface area (Å²) in [7, 11) is 0.100. The number of piperazine rings is 1. The summed E-state index contributed by atoms with van der Waals surface area (Å²) in [6.07, 6.45) is 9.04. The van der Waals surface area contributed by atoms with Crippen molar-refractivity contribution in [2.45, 2.75) is 75.7 Å². The molecule has 2 bridgehead atoms. The summed E-state index contributed by atoms with van der Waals surface area (Å²) in [5, 5.41) is -0.0400. The molecular formula is C42H60ClN5O5S. The molecule has 1 amide bonds. The van der Waals surface area contributed by atoms with Gasteiger partial charge in [0.25, 0.3) is 5.91 Å². The standard InChI is InChI=1S/C42H60ClN5O5S/c1-6-8-31-21-35(43)12-13-37(31)34-24-48-23-33-10-14-38(33)42(52-5,28-46-17-19-47(20-18-46)36-25-45(4)26-36)16-7-9-29(2)30(3)54(50,51)44-41(49)32-11-15-40(53-27-34)39(48)22-32/h7,11-13,15-16,21-22,29-30,33-34,36,38H,6,8-10,14,17-20,23-28H2,1-5H3,(H,44,49)/b16-7+/t29-,30+,33-,34-,38+,42+/m0/s1. The fourth-order valence-electron chi connectivity index (χ4n) is 9.54. The summed E-state index contributed by atoms with van der Waals surface area (Å²) in [5.74, 6) is 0.552. The fourth-order valence-corrected chi connectivity index (χ4v) is 11.0. The molecule has 2 aromatic rings. The topological polar surface area (TPSA) is 94.7 Å². The van der Waals surface area contributed by atoms with Crippen LogP contribution in [0.15, 0.2) is 48.6 Å². The van der Waals surface area contributed by atoms with Gasteiger partial charge in [-0.15, -0.1) is 0 Å². The van der Waals surface area contributed by atoms with E-state index in [1.165, 1.54) is 11.1 Å². The largest absolute Gasteiger partial charge is 0.491 e. The number of carbonyl (C=O) groups is 1. The Labute approximate surface area is 328 Å². The Morgan fingerprint density at radius 2 is 1.80 bits per heavy atom. The number of amides is 1. The molecule has 54 heavy (non-hydrogen) atoms. The first-order valence-corrected chi connectivity index (χ1v) is 22.1. The van der Waals surface area contributed by atoms with E-state index in [4.69, 9.17) is 21.1 Å². The van der Waals surface area contributed by atoms with Gasteiger partial charge < -0.3 is 19.3 Å². The number of allylic oxidation sites excluding steroid dienone is 1. The minimum atomic E-state index is -3.95. The van der Waals surface area contributed by atoms with Crippen LogP contribution in [0.25, 0.3) is 0 Å². The average molecular weight is 782 g/mol. The molecule has 3 fully saturated rings. The Kier molecular flexibility index (Phi) is 12.0. The molecule has 1 aliphatic carbocycles. The molecule has 4 heterocycles. The normalized spacial score (nSPS) is 32.0. The lowest BCUT2D eigenvalue weighted by molar-refractivity contribution is -0.0981. The van der Waals surface area contributed by atoms with Crippen LogP contribution in [0.2, 0.25) is 5.02 Å². The quantitative estimate of drug-likeness (QED) is 0.358. The average Bonchev–Trinajstić information content (AvgIpc) is 3.30. The van der Waals surface area contributed by atoms with Gasteiger partial charge in [0.1, 0.15) is 11.4 Å². The van der Waals surface area contributed by atoms with Gasteiger partial charge in [-0.1, -0.05) is 50.1 Å². The van der Waals surface area contributed by atoms with Crippen molar-refractivity contribution in [3.8, 4) is 5.75 Å². The lowest BCUT2D eigenvalue weighted by Crippen LogP contribution is -2.63. The molecule has 10 nitrogen and oxygen atoms in total. The van der Waals surface area contributed by atoms with E-state index in [1.54, 1.807) is 13.0 Å². The fraction of sp³-hybridized carbons (Fsp3) is 0.643. The minimum Gasteiger partial charge on any atom is -0.491 e. The van der Waals surface area contributed by atoms with E-state index in [1.807, 2.05) is 32.2 Å². The van der Waals surface area contributed by atoms with Crippen LogP contribution in [0.4, 0.5) is 5.69 Å². The lowest BCUT2D eigenvalue weighted by Gasteiger charge is -2.52. The van der Waals surface area contributed by atoms with E-state index in [9.17, 15) is 13.2 Å². The second kappa shape index (κ2) is 16.4. The number of likely N-dealkylation sites (N-methyl/N-ethyl adjacent to an activating group) is 1. The van der Waals surface area contributed by atoms with Crippen molar-refractivity contribution in [3.05, 3.63) is 70.3 Å². The van der Waals surface area contributed by atoms with Gasteiger partial charge in [0.15, 0.2) is 0 Å². The van der Waals surface area contributed by atoms with Crippen LogP contribution < -0.4 is 14.4 Å². The molecule has 5 aliphatic rings. The number of likely N-dealkylation sites (tertiary alicyclic amines) is 1. The number of hydrogen-bond acceptors (Lipinski definition) is 9. The number of aryl methyl sites for hydroxylation is 1. The molecule has 0 radical (unpaired) electrons. The van der Waals surface area contributed by atoms with Gasteiger partial charge in [0.05, 0.1) is 17.5 Å². The van der Waals surface area contributed by atoms with E-state index in [-0.39, 0.29) is 17.8 Å². The Bertz CT molecular complexity index is 1790. The van der Waals surface area contributed by atoms with Crippen molar-refractivity contribution in [2.75, 3.05) is 84.6 Å². The summed E-state index contributed by atoms with van der Waals surface area (Å²) < 4.78 is 42.9. The van der Waals surface area contributed by atoms with Gasteiger partial charge in [0, 0.05) is 88.6 Å². The number of hydrogen-bond donors (Lipinski definition) is 1. The molecule has 2 saturated heterocycles. The molecule has 12 heteroatoms.